The van der Waals surface area contributed by atoms with E-state index in [1.165, 1.54) is 17.1 Å². The van der Waals surface area contributed by atoms with Gasteiger partial charge in [0, 0.05) is 7.11 Å². The van der Waals surface area contributed by atoms with Crippen LogP contribution in [0.15, 0.2) is 12.4 Å². The number of aromatic nitrogens is 4. The van der Waals surface area contributed by atoms with Gasteiger partial charge in [-0.1, -0.05) is 11.6 Å². The normalized spacial score (nSPS) is 10.7. The number of carbonyl (C=O) groups is 1. The van der Waals surface area contributed by atoms with Gasteiger partial charge in [0.1, 0.15) is 11.4 Å². The summed E-state index contributed by atoms with van der Waals surface area (Å²) in [5, 5.41) is 4.33. The highest BCUT2D eigenvalue weighted by Crippen LogP contribution is 2.18. The Morgan fingerprint density at radius 2 is 2.41 bits per heavy atom. The number of hydrogen-bond acceptors (Lipinski definition) is 6. The van der Waals surface area contributed by atoms with Crippen molar-refractivity contribution < 1.29 is 9.53 Å². The average molecular weight is 273 g/mol. The Morgan fingerprint density at radius 3 is 3.06 bits per heavy atom. The minimum Gasteiger partial charge on any atom is -0.383 e. The third-order valence-electron chi connectivity index (χ3n) is 2.11. The highest BCUT2D eigenvalue weighted by atomic mass is 35.5. The molecule has 0 aliphatic carbocycles. The Balaban J connectivity index is 2.31. The first kappa shape index (κ1) is 12.2. The van der Waals surface area contributed by atoms with Gasteiger partial charge in [-0.2, -0.15) is 13.8 Å². The second kappa shape index (κ2) is 5.35. The van der Waals surface area contributed by atoms with Crippen molar-refractivity contribution in [3.05, 3.63) is 28.8 Å². The summed E-state index contributed by atoms with van der Waals surface area (Å²) in [7, 11) is 1.58. The summed E-state index contributed by atoms with van der Waals surface area (Å²) >= 11 is 6.92. The minimum absolute atomic E-state index is 0.274. The van der Waals surface area contributed by atoms with Crippen LogP contribution < -0.4 is 0 Å². The lowest BCUT2D eigenvalue weighted by Gasteiger charge is -2.04. The van der Waals surface area contributed by atoms with E-state index in [-0.39, 0.29) is 11.5 Å². The molecule has 0 atom stereocenters. The Morgan fingerprint density at radius 1 is 1.59 bits per heavy atom. The number of methoxy groups -OCH3 is 1. The molecule has 17 heavy (non-hydrogen) atoms. The number of rotatable bonds is 5. The summed E-state index contributed by atoms with van der Waals surface area (Å²) in [5.41, 5.74) is 0.590. The van der Waals surface area contributed by atoms with Crippen molar-refractivity contribution in [2.24, 2.45) is 0 Å². The van der Waals surface area contributed by atoms with Crippen LogP contribution in [0.25, 0.3) is 0 Å². The summed E-state index contributed by atoms with van der Waals surface area (Å²) in [4.78, 5) is 12.1. The summed E-state index contributed by atoms with van der Waals surface area (Å²) in [6.45, 7) is 0.912. The van der Waals surface area contributed by atoms with Crippen LogP contribution in [-0.2, 0) is 11.3 Å². The Labute approximate surface area is 106 Å². The number of hydrogen-bond donors (Lipinski definition) is 0. The van der Waals surface area contributed by atoms with Crippen LogP contribution in [0.2, 0.25) is 5.02 Å². The largest absolute Gasteiger partial charge is 0.383 e. The molecule has 0 spiro atoms. The van der Waals surface area contributed by atoms with Gasteiger partial charge in [-0.15, -0.1) is 0 Å². The van der Waals surface area contributed by atoms with E-state index in [4.69, 9.17) is 16.3 Å². The first-order valence-electron chi connectivity index (χ1n) is 4.76. The van der Waals surface area contributed by atoms with Crippen molar-refractivity contribution in [2.75, 3.05) is 13.7 Å². The molecule has 8 heteroatoms. The van der Waals surface area contributed by atoms with Gasteiger partial charge in [-0.25, -0.2) is 0 Å². The van der Waals surface area contributed by atoms with E-state index in [9.17, 15) is 4.79 Å². The highest BCUT2D eigenvalue weighted by Gasteiger charge is 2.20. The molecule has 2 heterocycles. The fourth-order valence-electron chi connectivity index (χ4n) is 1.32. The third kappa shape index (κ3) is 2.51. The molecule has 0 radical (unpaired) electrons. The Hall–Kier alpha value is -1.31. The van der Waals surface area contributed by atoms with Gasteiger partial charge in [0.05, 0.1) is 42.3 Å². The van der Waals surface area contributed by atoms with Gasteiger partial charge in [-0.3, -0.25) is 9.48 Å². The van der Waals surface area contributed by atoms with E-state index in [1.54, 1.807) is 7.11 Å². The fraction of sp³-hybridized carbons (Fsp3) is 0.333. The predicted molar refractivity (Wildman–Crippen MR) is 62.5 cm³/mol. The second-order valence-corrected chi connectivity index (χ2v) is 4.14. The quantitative estimate of drug-likeness (QED) is 0.767. The van der Waals surface area contributed by atoms with Gasteiger partial charge in [0.25, 0.3) is 0 Å². The van der Waals surface area contributed by atoms with Gasteiger partial charge in [0.15, 0.2) is 0 Å². The zero-order valence-electron chi connectivity index (χ0n) is 8.96. The molecule has 0 N–H and O–H groups in total. The molecule has 0 aliphatic rings. The summed E-state index contributed by atoms with van der Waals surface area (Å²) in [6.07, 6.45) is 2.85. The van der Waals surface area contributed by atoms with Crippen LogP contribution in [0, 0.1) is 0 Å². The SMILES string of the molecule is COCCn1ncc(Cl)c1C(=O)c1cnsn1. The zero-order valence-corrected chi connectivity index (χ0v) is 10.5. The van der Waals surface area contributed by atoms with E-state index < -0.39 is 0 Å². The predicted octanol–water partition coefficient (Wildman–Crippen LogP) is 1.27. The standard InChI is InChI=1S/C9H9ClN4O2S/c1-16-3-2-14-8(6(10)4-11-14)9(15)7-5-12-17-13-7/h4-5H,2-3H2,1H3. The van der Waals surface area contributed by atoms with Gasteiger partial charge in [0.2, 0.25) is 5.78 Å². The fourth-order valence-corrected chi connectivity index (χ4v) is 1.96. The van der Waals surface area contributed by atoms with Crippen LogP contribution in [0.3, 0.4) is 0 Å². The molecule has 0 unspecified atom stereocenters. The lowest BCUT2D eigenvalue weighted by molar-refractivity contribution is 0.102. The minimum atomic E-state index is -0.280. The Bertz CT molecular complexity index is 511. The maximum atomic E-state index is 12.1. The van der Waals surface area contributed by atoms with Crippen LogP contribution in [0.5, 0.6) is 0 Å². The monoisotopic (exact) mass is 272 g/mol. The summed E-state index contributed by atoms with van der Waals surface area (Å²) in [5.74, 6) is -0.280. The number of ketones is 1. The van der Waals surface area contributed by atoms with Crippen LogP contribution in [-0.4, -0.2) is 38.0 Å². The molecule has 0 bridgehead atoms. The van der Waals surface area contributed by atoms with E-state index in [0.717, 1.165) is 11.7 Å². The number of ether oxygens (including phenoxy) is 1. The summed E-state index contributed by atoms with van der Waals surface area (Å²) in [6, 6.07) is 0. The zero-order chi connectivity index (χ0) is 12.3. The van der Waals surface area contributed by atoms with Crippen molar-refractivity contribution >= 4 is 29.1 Å². The number of carbonyl (C=O) groups excluding carboxylic acids is 1. The molecule has 90 valence electrons. The van der Waals surface area contributed by atoms with Crippen molar-refractivity contribution in [1.29, 1.82) is 0 Å². The van der Waals surface area contributed by atoms with Gasteiger partial charge < -0.3 is 4.74 Å². The van der Waals surface area contributed by atoms with Crippen LogP contribution >= 0.6 is 23.3 Å². The van der Waals surface area contributed by atoms with Crippen molar-refractivity contribution in [1.82, 2.24) is 18.5 Å². The molecule has 0 amide bonds. The maximum Gasteiger partial charge on any atom is 0.233 e. The molecule has 0 fully saturated rings. The molecule has 2 rings (SSSR count). The van der Waals surface area contributed by atoms with E-state index in [0.29, 0.717) is 23.9 Å². The smallest absolute Gasteiger partial charge is 0.233 e. The van der Waals surface area contributed by atoms with E-state index in [2.05, 4.69) is 13.8 Å². The number of nitrogens with zero attached hydrogens (tertiary/aromatic N) is 4. The summed E-state index contributed by atoms with van der Waals surface area (Å²) < 4.78 is 14.1. The highest BCUT2D eigenvalue weighted by molar-refractivity contribution is 6.99. The van der Waals surface area contributed by atoms with Crippen molar-refractivity contribution in [3.63, 3.8) is 0 Å². The molecule has 0 aliphatic heterocycles. The number of halogens is 1. The third-order valence-corrected chi connectivity index (χ3v) is 2.87. The molecule has 2 aromatic rings. The van der Waals surface area contributed by atoms with Gasteiger partial charge in [-0.05, 0) is 0 Å². The van der Waals surface area contributed by atoms with Crippen LogP contribution in [0.4, 0.5) is 0 Å². The lowest BCUT2D eigenvalue weighted by atomic mass is 10.2. The van der Waals surface area contributed by atoms with Crippen LogP contribution in [0.1, 0.15) is 16.2 Å². The van der Waals surface area contributed by atoms with Crippen molar-refractivity contribution in [2.45, 2.75) is 6.54 Å². The second-order valence-electron chi connectivity index (χ2n) is 3.18. The lowest BCUT2D eigenvalue weighted by Crippen LogP contribution is -2.14. The molecule has 2 aromatic heterocycles. The molecular formula is C9H9ClN4O2S. The average Bonchev–Trinajstić information content (AvgIpc) is 2.95. The van der Waals surface area contributed by atoms with Gasteiger partial charge >= 0.3 is 0 Å². The van der Waals surface area contributed by atoms with E-state index >= 15 is 0 Å². The molecule has 0 saturated carbocycles. The maximum absolute atomic E-state index is 12.1. The first-order valence-corrected chi connectivity index (χ1v) is 5.87. The molecule has 6 nitrogen and oxygen atoms in total. The molecule has 0 saturated heterocycles. The molecular weight excluding hydrogens is 264 g/mol. The first-order chi connectivity index (χ1) is 8.24. The topological polar surface area (TPSA) is 69.9 Å². The Kier molecular flexibility index (Phi) is 3.82. The van der Waals surface area contributed by atoms with E-state index in [1.807, 2.05) is 0 Å². The van der Waals surface area contributed by atoms with Crippen molar-refractivity contribution in [3.8, 4) is 0 Å². The molecule has 0 aromatic carbocycles.